The maximum Gasteiger partial charge on any atom is 0.238 e. The first-order valence-corrected chi connectivity index (χ1v) is 7.58. The molecule has 0 atom stereocenters. The predicted molar refractivity (Wildman–Crippen MR) is 93.5 cm³/mol. The lowest BCUT2D eigenvalue weighted by atomic mass is 10.1. The fourth-order valence-corrected chi connectivity index (χ4v) is 2.51. The number of methoxy groups -OCH3 is 3. The molecule has 0 spiro atoms. The van der Waals surface area contributed by atoms with Crippen LogP contribution >= 0.6 is 0 Å². The number of nitriles is 1. The topological polar surface area (TPSA) is 77.5 Å². The lowest BCUT2D eigenvalue weighted by Crippen LogP contribution is -1.95. The second kappa shape index (κ2) is 7.15. The van der Waals surface area contributed by atoms with Crippen LogP contribution in [0, 0.1) is 17.1 Å². The Bertz CT molecular complexity index is 1010. The Kier molecular flexibility index (Phi) is 4.76. The van der Waals surface area contributed by atoms with E-state index < -0.39 is 5.82 Å². The van der Waals surface area contributed by atoms with Crippen molar-refractivity contribution in [3.63, 3.8) is 0 Å². The molecule has 0 aliphatic heterocycles. The number of ether oxygens (including phenoxy) is 3. The summed E-state index contributed by atoms with van der Waals surface area (Å²) in [5, 5.41) is 9.49. The minimum absolute atomic E-state index is 0.0989. The molecule has 0 bridgehead atoms. The Morgan fingerprint density at radius 1 is 1.12 bits per heavy atom. The molecule has 1 heterocycles. The maximum absolute atomic E-state index is 13.3. The second-order valence-corrected chi connectivity index (χ2v) is 5.26. The number of allylic oxidation sites excluding steroid dienone is 1. The van der Waals surface area contributed by atoms with Crippen molar-refractivity contribution < 1.29 is 23.0 Å². The van der Waals surface area contributed by atoms with Crippen LogP contribution in [0.1, 0.15) is 11.5 Å². The molecule has 0 unspecified atom stereocenters. The van der Waals surface area contributed by atoms with E-state index in [0.29, 0.717) is 33.9 Å². The molecule has 3 aromatic rings. The standard InChI is InChI=1S/C19H15FN2O4/c1-23-16-7-11(8-17(24-2)18(16)25-3)6-12(10-21)19-22-14-9-13(20)4-5-15(14)26-19/h4-9H,1-3H3/b12-6+. The Morgan fingerprint density at radius 2 is 1.81 bits per heavy atom. The number of halogens is 1. The normalized spacial score (nSPS) is 11.3. The number of fused-ring (bicyclic) bond motifs is 1. The average molecular weight is 354 g/mol. The Hall–Kier alpha value is -3.53. The zero-order valence-electron chi connectivity index (χ0n) is 14.4. The third-order valence-electron chi connectivity index (χ3n) is 3.70. The van der Waals surface area contributed by atoms with Gasteiger partial charge in [-0.1, -0.05) is 0 Å². The van der Waals surface area contributed by atoms with E-state index in [0.717, 1.165) is 0 Å². The zero-order valence-corrected chi connectivity index (χ0v) is 14.4. The van der Waals surface area contributed by atoms with Gasteiger partial charge in [0.25, 0.3) is 0 Å². The van der Waals surface area contributed by atoms with Crippen molar-refractivity contribution in [3.05, 3.63) is 47.6 Å². The van der Waals surface area contributed by atoms with E-state index >= 15 is 0 Å². The van der Waals surface area contributed by atoms with E-state index in [2.05, 4.69) is 4.98 Å². The summed E-state index contributed by atoms with van der Waals surface area (Å²) in [5.41, 5.74) is 1.54. The first kappa shape index (κ1) is 17.3. The molecular weight excluding hydrogens is 339 g/mol. The molecule has 0 saturated carbocycles. The summed E-state index contributed by atoms with van der Waals surface area (Å²) in [6.45, 7) is 0. The minimum atomic E-state index is -0.426. The molecule has 6 nitrogen and oxygen atoms in total. The molecule has 0 radical (unpaired) electrons. The monoisotopic (exact) mass is 354 g/mol. The van der Waals surface area contributed by atoms with Crippen LogP contribution in [0.4, 0.5) is 4.39 Å². The van der Waals surface area contributed by atoms with Crippen LogP contribution in [-0.2, 0) is 0 Å². The van der Waals surface area contributed by atoms with E-state index in [1.165, 1.54) is 39.5 Å². The van der Waals surface area contributed by atoms with Gasteiger partial charge in [0, 0.05) is 6.07 Å². The van der Waals surface area contributed by atoms with Crippen molar-refractivity contribution in [3.8, 4) is 23.3 Å². The third kappa shape index (κ3) is 3.17. The molecule has 3 rings (SSSR count). The second-order valence-electron chi connectivity index (χ2n) is 5.26. The maximum atomic E-state index is 13.3. The Labute approximate surface area is 149 Å². The van der Waals surface area contributed by atoms with Gasteiger partial charge >= 0.3 is 0 Å². The highest BCUT2D eigenvalue weighted by molar-refractivity contribution is 5.89. The summed E-state index contributed by atoms with van der Waals surface area (Å²) in [4.78, 5) is 4.18. The summed E-state index contributed by atoms with van der Waals surface area (Å²) in [6.07, 6.45) is 1.57. The van der Waals surface area contributed by atoms with Gasteiger partial charge in [-0.3, -0.25) is 0 Å². The van der Waals surface area contributed by atoms with Crippen LogP contribution in [0.25, 0.3) is 22.7 Å². The van der Waals surface area contributed by atoms with Crippen molar-refractivity contribution in [1.82, 2.24) is 4.98 Å². The summed E-state index contributed by atoms with van der Waals surface area (Å²) in [5.74, 6) is 1.03. The van der Waals surface area contributed by atoms with Gasteiger partial charge < -0.3 is 18.6 Å². The van der Waals surface area contributed by atoms with E-state index in [1.54, 1.807) is 18.2 Å². The molecular formula is C19H15FN2O4. The molecule has 26 heavy (non-hydrogen) atoms. The predicted octanol–water partition coefficient (Wildman–Crippen LogP) is 4.06. The molecule has 2 aromatic carbocycles. The summed E-state index contributed by atoms with van der Waals surface area (Å²) in [6, 6.07) is 9.42. The van der Waals surface area contributed by atoms with Crippen molar-refractivity contribution in [1.29, 1.82) is 5.26 Å². The molecule has 0 aliphatic carbocycles. The number of oxazole rings is 1. The van der Waals surface area contributed by atoms with Gasteiger partial charge in [-0.2, -0.15) is 5.26 Å². The van der Waals surface area contributed by atoms with Gasteiger partial charge in [0.1, 0.15) is 23.0 Å². The first-order chi connectivity index (χ1) is 12.6. The highest BCUT2D eigenvalue weighted by Crippen LogP contribution is 2.39. The summed E-state index contributed by atoms with van der Waals surface area (Å²) in [7, 11) is 4.52. The van der Waals surface area contributed by atoms with E-state index in [9.17, 15) is 9.65 Å². The number of benzene rings is 2. The van der Waals surface area contributed by atoms with Gasteiger partial charge in [-0.25, -0.2) is 9.37 Å². The van der Waals surface area contributed by atoms with Crippen LogP contribution in [0.2, 0.25) is 0 Å². The van der Waals surface area contributed by atoms with Crippen LogP contribution in [0.5, 0.6) is 17.2 Å². The molecule has 132 valence electrons. The third-order valence-corrected chi connectivity index (χ3v) is 3.70. The molecule has 1 aromatic heterocycles. The molecule has 0 saturated heterocycles. The van der Waals surface area contributed by atoms with Crippen molar-refractivity contribution in [2.45, 2.75) is 0 Å². The zero-order chi connectivity index (χ0) is 18.7. The lowest BCUT2D eigenvalue weighted by molar-refractivity contribution is 0.324. The van der Waals surface area contributed by atoms with Crippen LogP contribution < -0.4 is 14.2 Å². The van der Waals surface area contributed by atoms with Gasteiger partial charge in [0.2, 0.25) is 11.6 Å². The average Bonchev–Trinajstić information content (AvgIpc) is 3.07. The SMILES string of the molecule is COc1cc(/C=C(\C#N)c2nc3cc(F)ccc3o2)cc(OC)c1OC. The van der Waals surface area contributed by atoms with Crippen molar-refractivity contribution in [2.75, 3.05) is 21.3 Å². The molecule has 0 amide bonds. The molecule has 0 N–H and O–H groups in total. The van der Waals surface area contributed by atoms with E-state index in [1.807, 2.05) is 6.07 Å². The van der Waals surface area contributed by atoms with Crippen LogP contribution in [0.3, 0.4) is 0 Å². The van der Waals surface area contributed by atoms with Crippen LogP contribution in [0.15, 0.2) is 34.7 Å². The lowest BCUT2D eigenvalue weighted by Gasteiger charge is -2.12. The van der Waals surface area contributed by atoms with E-state index in [-0.39, 0.29) is 11.5 Å². The summed E-state index contributed by atoms with van der Waals surface area (Å²) < 4.78 is 34.7. The number of aromatic nitrogens is 1. The fourth-order valence-electron chi connectivity index (χ4n) is 2.51. The number of hydrogen-bond acceptors (Lipinski definition) is 6. The largest absolute Gasteiger partial charge is 0.493 e. The van der Waals surface area contributed by atoms with Gasteiger partial charge in [0.15, 0.2) is 17.1 Å². The first-order valence-electron chi connectivity index (χ1n) is 7.58. The van der Waals surface area contributed by atoms with Gasteiger partial charge in [-0.15, -0.1) is 0 Å². The fraction of sp³-hybridized carbons (Fsp3) is 0.158. The quantitative estimate of drug-likeness (QED) is 0.643. The molecule has 0 fully saturated rings. The van der Waals surface area contributed by atoms with E-state index in [4.69, 9.17) is 18.6 Å². The van der Waals surface area contributed by atoms with Crippen molar-refractivity contribution in [2.24, 2.45) is 0 Å². The highest BCUT2D eigenvalue weighted by Gasteiger charge is 2.15. The Balaban J connectivity index is 2.09. The van der Waals surface area contributed by atoms with Gasteiger partial charge in [-0.05, 0) is 35.9 Å². The number of rotatable bonds is 5. The smallest absolute Gasteiger partial charge is 0.238 e. The minimum Gasteiger partial charge on any atom is -0.493 e. The highest BCUT2D eigenvalue weighted by atomic mass is 19.1. The molecule has 7 heteroatoms. The van der Waals surface area contributed by atoms with Crippen molar-refractivity contribution >= 4 is 22.7 Å². The number of hydrogen-bond donors (Lipinski definition) is 0. The van der Waals surface area contributed by atoms with Crippen LogP contribution in [-0.4, -0.2) is 26.3 Å². The van der Waals surface area contributed by atoms with Gasteiger partial charge in [0.05, 0.1) is 21.3 Å². The Morgan fingerprint density at radius 3 is 2.38 bits per heavy atom. The molecule has 0 aliphatic rings. The number of nitrogens with zero attached hydrogens (tertiary/aromatic N) is 2. The summed E-state index contributed by atoms with van der Waals surface area (Å²) >= 11 is 0.